The molecule has 0 fully saturated rings. The van der Waals surface area contributed by atoms with Crippen molar-refractivity contribution in [2.24, 2.45) is 0 Å². The van der Waals surface area contributed by atoms with Gasteiger partial charge in [-0.25, -0.2) is 0 Å². The molecule has 0 radical (unpaired) electrons. The van der Waals surface area contributed by atoms with E-state index in [4.69, 9.17) is 4.74 Å². The smallest absolute Gasteiger partial charge is 0.246 e. The van der Waals surface area contributed by atoms with Crippen molar-refractivity contribution in [1.29, 1.82) is 0 Å². The van der Waals surface area contributed by atoms with Gasteiger partial charge in [-0.15, -0.1) is 0 Å². The Morgan fingerprint density at radius 1 is 1.56 bits per heavy atom. The van der Waals surface area contributed by atoms with Crippen molar-refractivity contribution in [2.75, 3.05) is 25.6 Å². The summed E-state index contributed by atoms with van der Waals surface area (Å²) in [6, 6.07) is 8.31. The summed E-state index contributed by atoms with van der Waals surface area (Å²) in [4.78, 5) is 11.4. The van der Waals surface area contributed by atoms with Gasteiger partial charge >= 0.3 is 0 Å². The largest absolute Gasteiger partial charge is 0.383 e. The molecular formula is C12H16N2O2. The molecular weight excluding hydrogens is 204 g/mol. The van der Waals surface area contributed by atoms with Crippen molar-refractivity contribution >= 4 is 11.6 Å². The number of hydrogen-bond donors (Lipinski definition) is 2. The Labute approximate surface area is 95.0 Å². The number of anilines is 1. The van der Waals surface area contributed by atoms with Crippen molar-refractivity contribution in [3.05, 3.63) is 29.8 Å². The van der Waals surface area contributed by atoms with Crippen LogP contribution in [0.5, 0.6) is 0 Å². The molecule has 0 bridgehead atoms. The molecule has 4 nitrogen and oxygen atoms in total. The predicted octanol–water partition coefficient (Wildman–Crippen LogP) is 0.786. The molecule has 1 aromatic rings. The highest BCUT2D eigenvalue weighted by Crippen LogP contribution is 2.20. The van der Waals surface area contributed by atoms with Crippen LogP contribution < -0.4 is 10.6 Å². The first-order chi connectivity index (χ1) is 7.79. The summed E-state index contributed by atoms with van der Waals surface area (Å²) in [6.07, 6.45) is 0.874. The lowest BCUT2D eigenvalue weighted by atomic mass is 10.00. The lowest BCUT2D eigenvalue weighted by Crippen LogP contribution is -2.44. The van der Waals surface area contributed by atoms with E-state index in [1.807, 2.05) is 12.1 Å². The number of rotatable bonds is 3. The zero-order valence-corrected chi connectivity index (χ0v) is 9.32. The Morgan fingerprint density at radius 2 is 2.38 bits per heavy atom. The van der Waals surface area contributed by atoms with Gasteiger partial charge in [-0.3, -0.25) is 4.79 Å². The number of hydrogen-bond acceptors (Lipinski definition) is 3. The third-order valence-corrected chi connectivity index (χ3v) is 2.66. The second-order valence-electron chi connectivity index (χ2n) is 3.94. The minimum atomic E-state index is -0.0614. The predicted molar refractivity (Wildman–Crippen MR) is 62.4 cm³/mol. The monoisotopic (exact) mass is 220 g/mol. The molecule has 1 amide bonds. The molecule has 2 N–H and O–H groups in total. The summed E-state index contributed by atoms with van der Waals surface area (Å²) in [7, 11) is 1.52. The zero-order chi connectivity index (χ0) is 11.4. The number of fused-ring (bicyclic) bond motifs is 1. The third kappa shape index (κ3) is 2.52. The molecule has 16 heavy (non-hydrogen) atoms. The van der Waals surface area contributed by atoms with Crippen LogP contribution in [0.25, 0.3) is 0 Å². The molecule has 0 saturated carbocycles. The summed E-state index contributed by atoms with van der Waals surface area (Å²) < 4.78 is 4.78. The first-order valence-electron chi connectivity index (χ1n) is 5.39. The van der Waals surface area contributed by atoms with Crippen molar-refractivity contribution in [2.45, 2.75) is 12.5 Å². The van der Waals surface area contributed by atoms with Crippen molar-refractivity contribution in [3.63, 3.8) is 0 Å². The fraction of sp³-hybridized carbons (Fsp3) is 0.417. The Balaban J connectivity index is 1.95. The first-order valence-corrected chi connectivity index (χ1v) is 5.39. The van der Waals surface area contributed by atoms with E-state index in [1.165, 1.54) is 18.4 Å². The van der Waals surface area contributed by atoms with Gasteiger partial charge in [0.1, 0.15) is 6.61 Å². The highest BCUT2D eigenvalue weighted by Gasteiger charge is 2.18. The molecule has 1 aliphatic heterocycles. The molecule has 0 unspecified atom stereocenters. The zero-order valence-electron chi connectivity index (χ0n) is 9.32. The van der Waals surface area contributed by atoms with Crippen molar-refractivity contribution in [3.8, 4) is 0 Å². The summed E-state index contributed by atoms with van der Waals surface area (Å²) in [5.41, 5.74) is 2.41. The van der Waals surface area contributed by atoms with E-state index in [-0.39, 0.29) is 18.6 Å². The number of methoxy groups -OCH3 is 1. The number of amides is 1. The number of carbonyl (C=O) groups excluding carboxylic acids is 1. The topological polar surface area (TPSA) is 50.4 Å². The van der Waals surface area contributed by atoms with E-state index < -0.39 is 0 Å². The maximum absolute atomic E-state index is 11.4. The van der Waals surface area contributed by atoms with E-state index in [9.17, 15) is 4.79 Å². The van der Waals surface area contributed by atoms with Gasteiger partial charge in [0.05, 0.1) is 6.04 Å². The molecule has 1 atom stereocenters. The van der Waals surface area contributed by atoms with Crippen molar-refractivity contribution < 1.29 is 9.53 Å². The van der Waals surface area contributed by atoms with E-state index in [0.717, 1.165) is 13.0 Å². The second-order valence-corrected chi connectivity index (χ2v) is 3.94. The third-order valence-electron chi connectivity index (χ3n) is 2.66. The summed E-state index contributed by atoms with van der Waals surface area (Å²) in [5, 5.41) is 6.24. The van der Waals surface area contributed by atoms with Gasteiger partial charge < -0.3 is 15.4 Å². The molecule has 1 heterocycles. The van der Waals surface area contributed by atoms with Crippen LogP contribution >= 0.6 is 0 Å². The van der Waals surface area contributed by atoms with Crippen LogP contribution in [0.4, 0.5) is 5.69 Å². The SMILES string of the molecule is COCC(=O)N[C@@H]1CNc2ccccc2C1. The highest BCUT2D eigenvalue weighted by molar-refractivity contribution is 5.77. The second kappa shape index (κ2) is 4.99. The van der Waals surface area contributed by atoms with Crippen LogP contribution in [0.1, 0.15) is 5.56 Å². The molecule has 0 spiro atoms. The van der Waals surface area contributed by atoms with Gasteiger partial charge in [0.25, 0.3) is 0 Å². The van der Waals surface area contributed by atoms with Crippen LogP contribution in [-0.2, 0) is 16.0 Å². The maximum atomic E-state index is 11.4. The Morgan fingerprint density at radius 3 is 3.19 bits per heavy atom. The van der Waals surface area contributed by atoms with Crippen LogP contribution in [0.15, 0.2) is 24.3 Å². The van der Waals surface area contributed by atoms with Crippen molar-refractivity contribution in [1.82, 2.24) is 5.32 Å². The maximum Gasteiger partial charge on any atom is 0.246 e. The molecule has 0 saturated heterocycles. The quantitative estimate of drug-likeness (QED) is 0.791. The minimum absolute atomic E-state index is 0.0614. The number of carbonyl (C=O) groups is 1. The Kier molecular flexibility index (Phi) is 3.41. The number of para-hydroxylation sites is 1. The average Bonchev–Trinajstić information content (AvgIpc) is 2.29. The number of ether oxygens (including phenoxy) is 1. The first kappa shape index (κ1) is 11.0. The normalized spacial score (nSPS) is 18.4. The van der Waals surface area contributed by atoms with Crippen LogP contribution in [-0.4, -0.2) is 32.2 Å². The summed E-state index contributed by atoms with van der Waals surface area (Å²) in [5.74, 6) is -0.0614. The van der Waals surface area contributed by atoms with Gasteiger partial charge in [0.15, 0.2) is 0 Å². The molecule has 86 valence electrons. The fourth-order valence-corrected chi connectivity index (χ4v) is 1.94. The van der Waals surface area contributed by atoms with Crippen LogP contribution in [0, 0.1) is 0 Å². The van der Waals surface area contributed by atoms with Gasteiger partial charge in [-0.05, 0) is 18.1 Å². The molecule has 2 rings (SSSR count). The van der Waals surface area contributed by atoms with Crippen LogP contribution in [0.2, 0.25) is 0 Å². The fourth-order valence-electron chi connectivity index (χ4n) is 1.94. The van der Waals surface area contributed by atoms with Gasteiger partial charge in [-0.1, -0.05) is 18.2 Å². The highest BCUT2D eigenvalue weighted by atomic mass is 16.5. The Hall–Kier alpha value is -1.55. The summed E-state index contributed by atoms with van der Waals surface area (Å²) in [6.45, 7) is 0.893. The van der Waals surface area contributed by atoms with Gasteiger partial charge in [0.2, 0.25) is 5.91 Å². The number of benzene rings is 1. The van der Waals surface area contributed by atoms with E-state index in [0.29, 0.717) is 0 Å². The Bertz CT molecular complexity index is 379. The van der Waals surface area contributed by atoms with E-state index >= 15 is 0 Å². The molecule has 1 aliphatic rings. The summed E-state index contributed by atoms with van der Waals surface area (Å²) >= 11 is 0. The molecule has 4 heteroatoms. The lowest BCUT2D eigenvalue weighted by Gasteiger charge is -2.26. The molecule has 1 aromatic carbocycles. The lowest BCUT2D eigenvalue weighted by molar-refractivity contribution is -0.125. The van der Waals surface area contributed by atoms with E-state index in [2.05, 4.69) is 22.8 Å². The average molecular weight is 220 g/mol. The standard InChI is InChI=1S/C12H16N2O2/c1-16-8-12(15)14-10-6-9-4-2-3-5-11(9)13-7-10/h2-5,10,13H,6-8H2,1H3,(H,14,15)/t10-/m0/s1. The van der Waals surface area contributed by atoms with E-state index in [1.54, 1.807) is 0 Å². The van der Waals surface area contributed by atoms with Gasteiger partial charge in [0, 0.05) is 19.3 Å². The minimum Gasteiger partial charge on any atom is -0.383 e. The van der Waals surface area contributed by atoms with Gasteiger partial charge in [-0.2, -0.15) is 0 Å². The molecule has 0 aliphatic carbocycles. The molecule has 0 aromatic heterocycles. The van der Waals surface area contributed by atoms with Crippen LogP contribution in [0.3, 0.4) is 0 Å². The number of nitrogens with one attached hydrogen (secondary N) is 2.